The number of hydrogen-bond acceptors (Lipinski definition) is 11. The van der Waals surface area contributed by atoms with Crippen LogP contribution >= 0.6 is 0 Å². The van der Waals surface area contributed by atoms with E-state index >= 15 is 0 Å². The maximum atomic E-state index is 12.5. The van der Waals surface area contributed by atoms with Gasteiger partial charge in [-0.25, -0.2) is 0 Å². The molecule has 246 valence electrons. The molecule has 2 fully saturated rings. The number of carbonyl (C=O) groups is 1. The van der Waals surface area contributed by atoms with E-state index in [1.165, 1.54) is 38.5 Å². The van der Waals surface area contributed by atoms with Gasteiger partial charge in [-0.3, -0.25) is 4.79 Å². The van der Waals surface area contributed by atoms with E-state index in [1.54, 1.807) is 0 Å². The van der Waals surface area contributed by atoms with Gasteiger partial charge in [0, 0.05) is 6.42 Å². The molecular weight excluding hydrogens is 550 g/mol. The van der Waals surface area contributed by atoms with Gasteiger partial charge >= 0.3 is 0 Å². The van der Waals surface area contributed by atoms with E-state index in [9.17, 15) is 40.5 Å². The summed E-state index contributed by atoms with van der Waals surface area (Å²) in [5.41, 5.74) is 0. The third-order valence-electron chi connectivity index (χ3n) is 7.97. The van der Waals surface area contributed by atoms with Crippen molar-refractivity contribution in [1.29, 1.82) is 0 Å². The SMILES string of the molecule is CCCCCCCCC=CCCCCCCCC(=O)NC1O[C@H](CO)[C@@H](O)[C@H](O[C@H]2O[C@H](CO)[C@@H](O)[C@H](O)[C@@H]2O)[C@@H]1O. The Hall–Kier alpha value is -1.19. The molecule has 0 saturated carbocycles. The van der Waals surface area contributed by atoms with Gasteiger partial charge in [0.05, 0.1) is 13.2 Å². The van der Waals surface area contributed by atoms with Gasteiger partial charge < -0.3 is 55.3 Å². The van der Waals surface area contributed by atoms with E-state index < -0.39 is 74.6 Å². The first-order valence-corrected chi connectivity index (χ1v) is 15.8. The topological polar surface area (TPSA) is 198 Å². The maximum Gasteiger partial charge on any atom is 0.222 e. The second-order valence-corrected chi connectivity index (χ2v) is 11.5. The minimum Gasteiger partial charge on any atom is -0.394 e. The number of ether oxygens (including phenoxy) is 3. The van der Waals surface area contributed by atoms with Gasteiger partial charge in [0.25, 0.3) is 0 Å². The Morgan fingerprint density at radius 2 is 1.24 bits per heavy atom. The van der Waals surface area contributed by atoms with Crippen LogP contribution < -0.4 is 5.32 Å². The molecule has 0 aromatic carbocycles. The van der Waals surface area contributed by atoms with E-state index in [0.29, 0.717) is 6.42 Å². The number of carbonyl (C=O) groups excluding carboxylic acids is 1. The zero-order valence-electron chi connectivity index (χ0n) is 25.0. The first-order valence-electron chi connectivity index (χ1n) is 15.8. The first-order chi connectivity index (χ1) is 20.2. The molecular formula is C30H55NO11. The van der Waals surface area contributed by atoms with Crippen LogP contribution in [0, 0.1) is 0 Å². The van der Waals surface area contributed by atoms with Gasteiger partial charge in [0.1, 0.15) is 48.8 Å². The number of amides is 1. The summed E-state index contributed by atoms with van der Waals surface area (Å²) >= 11 is 0. The number of unbranched alkanes of at least 4 members (excludes halogenated alkanes) is 11. The predicted octanol–water partition coefficient (Wildman–Crippen LogP) is 0.764. The zero-order valence-corrected chi connectivity index (χ0v) is 25.0. The number of aliphatic hydroxyl groups is 7. The van der Waals surface area contributed by atoms with Crippen LogP contribution in [0.1, 0.15) is 96.8 Å². The predicted molar refractivity (Wildman–Crippen MR) is 154 cm³/mol. The summed E-state index contributed by atoms with van der Waals surface area (Å²) in [6.07, 6.45) is 4.37. The fourth-order valence-corrected chi connectivity index (χ4v) is 5.29. The summed E-state index contributed by atoms with van der Waals surface area (Å²) in [4.78, 5) is 12.5. The number of allylic oxidation sites excluding steroid dienone is 2. The third kappa shape index (κ3) is 12.1. The fraction of sp³-hybridized carbons (Fsp3) is 0.900. The summed E-state index contributed by atoms with van der Waals surface area (Å²) < 4.78 is 16.3. The van der Waals surface area contributed by atoms with Gasteiger partial charge in [0.15, 0.2) is 12.5 Å². The number of nitrogens with one attached hydrogen (secondary N) is 1. The lowest BCUT2D eigenvalue weighted by molar-refractivity contribution is -0.342. The van der Waals surface area contributed by atoms with E-state index in [1.807, 2.05) is 0 Å². The highest BCUT2D eigenvalue weighted by Crippen LogP contribution is 2.28. The highest BCUT2D eigenvalue weighted by Gasteiger charge is 2.50. The lowest BCUT2D eigenvalue weighted by Crippen LogP contribution is -2.66. The van der Waals surface area contributed by atoms with Gasteiger partial charge in [-0.1, -0.05) is 70.4 Å². The molecule has 1 unspecified atom stereocenters. The molecule has 42 heavy (non-hydrogen) atoms. The highest BCUT2D eigenvalue weighted by molar-refractivity contribution is 5.76. The minimum atomic E-state index is -1.76. The molecule has 2 aliphatic heterocycles. The Kier molecular flexibility index (Phi) is 18.2. The Labute approximate surface area is 249 Å². The molecule has 8 N–H and O–H groups in total. The normalized spacial score (nSPS) is 33.7. The van der Waals surface area contributed by atoms with Crippen LogP contribution in [0.4, 0.5) is 0 Å². The van der Waals surface area contributed by atoms with Crippen molar-refractivity contribution >= 4 is 5.91 Å². The summed E-state index contributed by atoms with van der Waals surface area (Å²) in [5.74, 6) is -0.378. The molecule has 12 heteroatoms. The molecule has 0 aromatic heterocycles. The van der Waals surface area contributed by atoms with Crippen molar-refractivity contribution in [2.24, 2.45) is 0 Å². The lowest BCUT2D eigenvalue weighted by Gasteiger charge is -2.46. The quantitative estimate of drug-likeness (QED) is 0.0720. The van der Waals surface area contributed by atoms with Crippen molar-refractivity contribution in [2.45, 2.75) is 158 Å². The number of hydrogen-bond donors (Lipinski definition) is 8. The molecule has 0 bridgehead atoms. The average Bonchev–Trinajstić information content (AvgIpc) is 2.98. The monoisotopic (exact) mass is 605 g/mol. The molecule has 2 heterocycles. The van der Waals surface area contributed by atoms with Gasteiger partial charge in [-0.2, -0.15) is 0 Å². The third-order valence-corrected chi connectivity index (χ3v) is 7.97. The number of rotatable bonds is 20. The maximum absolute atomic E-state index is 12.5. The van der Waals surface area contributed by atoms with Gasteiger partial charge in [-0.15, -0.1) is 0 Å². The molecule has 2 aliphatic rings. The Bertz CT molecular complexity index is 755. The Morgan fingerprint density at radius 1 is 0.690 bits per heavy atom. The van der Waals surface area contributed by atoms with E-state index in [0.717, 1.165) is 38.5 Å². The van der Waals surface area contributed by atoms with Crippen molar-refractivity contribution in [1.82, 2.24) is 5.32 Å². The largest absolute Gasteiger partial charge is 0.394 e. The van der Waals surface area contributed by atoms with Crippen LogP contribution in [-0.2, 0) is 19.0 Å². The molecule has 2 rings (SSSR count). The molecule has 2 saturated heterocycles. The van der Waals surface area contributed by atoms with Crippen molar-refractivity contribution < 1.29 is 54.8 Å². The first kappa shape index (κ1) is 37.0. The average molecular weight is 606 g/mol. The summed E-state index contributed by atoms with van der Waals surface area (Å²) in [5, 5.41) is 73.2. The van der Waals surface area contributed by atoms with Gasteiger partial charge in [-0.05, 0) is 32.1 Å². The smallest absolute Gasteiger partial charge is 0.222 e. The van der Waals surface area contributed by atoms with Crippen molar-refractivity contribution in [3.8, 4) is 0 Å². The standard InChI is InChI=1S/C30H55NO11/c1-2-3-4-5-6-7-8-9-10-11-12-13-14-15-16-17-22(34)31-29-27(39)28(24(36)21(19-33)40-29)42-30-26(38)25(37)23(35)20(18-32)41-30/h9-10,20-21,23-30,32-33,35-39H,2-8,11-19H2,1H3,(H,31,34)/t20-,21-,23-,24-,25+,26+,27+,28+,29?,30-/m1/s1. The molecule has 0 spiro atoms. The molecule has 0 aromatic rings. The van der Waals surface area contributed by atoms with Crippen molar-refractivity contribution in [2.75, 3.05) is 13.2 Å². The van der Waals surface area contributed by atoms with Crippen LogP contribution in [0.2, 0.25) is 0 Å². The summed E-state index contributed by atoms with van der Waals surface area (Å²) in [6.45, 7) is 0.898. The molecule has 12 nitrogen and oxygen atoms in total. The van der Waals surface area contributed by atoms with Gasteiger partial charge in [0.2, 0.25) is 5.91 Å². The number of aliphatic hydroxyl groups excluding tert-OH is 7. The zero-order chi connectivity index (χ0) is 30.9. The fourth-order valence-electron chi connectivity index (χ4n) is 5.29. The van der Waals surface area contributed by atoms with Crippen LogP contribution in [0.3, 0.4) is 0 Å². The summed E-state index contributed by atoms with van der Waals surface area (Å²) in [7, 11) is 0. The highest BCUT2D eigenvalue weighted by atomic mass is 16.7. The van der Waals surface area contributed by atoms with Crippen LogP contribution in [-0.4, -0.2) is 116 Å². The second kappa shape index (κ2) is 20.7. The Morgan fingerprint density at radius 3 is 1.83 bits per heavy atom. The molecule has 0 aliphatic carbocycles. The van der Waals surface area contributed by atoms with Crippen molar-refractivity contribution in [3.63, 3.8) is 0 Å². The van der Waals surface area contributed by atoms with E-state index in [2.05, 4.69) is 24.4 Å². The van der Waals surface area contributed by atoms with E-state index in [-0.39, 0.29) is 12.3 Å². The van der Waals surface area contributed by atoms with Crippen LogP contribution in [0.5, 0.6) is 0 Å². The Balaban J connectivity index is 1.69. The minimum absolute atomic E-state index is 0.204. The molecule has 10 atom stereocenters. The van der Waals surface area contributed by atoms with E-state index in [4.69, 9.17) is 14.2 Å². The van der Waals surface area contributed by atoms with Crippen molar-refractivity contribution in [3.05, 3.63) is 12.2 Å². The summed E-state index contributed by atoms with van der Waals surface area (Å²) in [6, 6.07) is 0. The molecule has 1 amide bonds. The second-order valence-electron chi connectivity index (χ2n) is 11.5. The lowest BCUT2D eigenvalue weighted by atomic mass is 9.96. The molecule has 0 radical (unpaired) electrons. The van der Waals surface area contributed by atoms with Crippen LogP contribution in [0.25, 0.3) is 0 Å². The van der Waals surface area contributed by atoms with Crippen LogP contribution in [0.15, 0.2) is 12.2 Å².